The van der Waals surface area contributed by atoms with E-state index in [-0.39, 0.29) is 22.8 Å². The molecular weight excluding hydrogens is 310 g/mol. The zero-order valence-electron chi connectivity index (χ0n) is 13.4. The zero-order chi connectivity index (χ0) is 17.6. The molecule has 0 radical (unpaired) electrons. The van der Waals surface area contributed by atoms with Crippen molar-refractivity contribution in [2.45, 2.75) is 19.3 Å². The number of hydrogen-bond acceptors (Lipinski definition) is 6. The van der Waals surface area contributed by atoms with Gasteiger partial charge in [-0.15, -0.1) is 0 Å². The van der Waals surface area contributed by atoms with Gasteiger partial charge in [0.15, 0.2) is 5.41 Å². The van der Waals surface area contributed by atoms with Gasteiger partial charge in [-0.3, -0.25) is 4.79 Å². The highest BCUT2D eigenvalue weighted by Gasteiger charge is 2.60. The Balaban J connectivity index is 2.49. The molecule has 0 saturated carbocycles. The van der Waals surface area contributed by atoms with Gasteiger partial charge in [0.05, 0.1) is 7.11 Å². The lowest BCUT2D eigenvalue weighted by molar-refractivity contribution is -0.138. The molecule has 7 heteroatoms. The molecule has 0 saturated heterocycles. The topological polar surface area (TPSA) is 114 Å². The van der Waals surface area contributed by atoms with Gasteiger partial charge in [-0.05, 0) is 25.5 Å². The van der Waals surface area contributed by atoms with Gasteiger partial charge in [0.2, 0.25) is 11.8 Å². The number of carbonyl (C=O) groups excluding carboxylic acids is 2. The summed E-state index contributed by atoms with van der Waals surface area (Å²) in [6.07, 6.45) is 0. The maximum absolute atomic E-state index is 13.0. The van der Waals surface area contributed by atoms with Crippen LogP contribution in [0, 0.1) is 18.3 Å². The molecule has 24 heavy (non-hydrogen) atoms. The minimum atomic E-state index is -1.67. The summed E-state index contributed by atoms with van der Waals surface area (Å²) in [6.45, 7) is 3.31. The van der Waals surface area contributed by atoms with Crippen LogP contribution < -0.4 is 11.1 Å². The zero-order valence-corrected chi connectivity index (χ0v) is 13.4. The molecule has 0 aromatic heterocycles. The summed E-state index contributed by atoms with van der Waals surface area (Å²) in [5.74, 6) is -1.35. The van der Waals surface area contributed by atoms with Crippen LogP contribution in [0.4, 0.5) is 5.69 Å². The number of rotatable bonds is 1. The maximum atomic E-state index is 13.0. The number of methoxy groups -OCH3 is 1. The molecule has 1 aromatic carbocycles. The van der Waals surface area contributed by atoms with E-state index in [1.54, 1.807) is 25.1 Å². The van der Waals surface area contributed by atoms with Gasteiger partial charge in [-0.2, -0.15) is 5.26 Å². The van der Waals surface area contributed by atoms with Crippen molar-refractivity contribution in [1.82, 2.24) is 0 Å². The van der Waals surface area contributed by atoms with Gasteiger partial charge >= 0.3 is 5.97 Å². The predicted molar refractivity (Wildman–Crippen MR) is 84.1 cm³/mol. The Labute approximate surface area is 138 Å². The van der Waals surface area contributed by atoms with E-state index in [4.69, 9.17) is 15.2 Å². The molecule has 1 aromatic rings. The van der Waals surface area contributed by atoms with Crippen molar-refractivity contribution >= 4 is 17.6 Å². The van der Waals surface area contributed by atoms with Gasteiger partial charge in [-0.25, -0.2) is 4.79 Å². The van der Waals surface area contributed by atoms with Crippen LogP contribution in [-0.4, -0.2) is 19.0 Å². The second-order valence-corrected chi connectivity index (χ2v) is 5.58. The van der Waals surface area contributed by atoms with E-state index in [0.29, 0.717) is 11.3 Å². The highest BCUT2D eigenvalue weighted by Crippen LogP contribution is 2.52. The number of esters is 1. The Bertz CT molecular complexity index is 892. The van der Waals surface area contributed by atoms with Gasteiger partial charge in [0.25, 0.3) is 0 Å². The largest absolute Gasteiger partial charge is 0.466 e. The molecule has 1 amide bonds. The summed E-state index contributed by atoms with van der Waals surface area (Å²) in [5, 5.41) is 12.4. The number of allylic oxidation sites excluding steroid dienone is 1. The van der Waals surface area contributed by atoms with Gasteiger partial charge in [0.1, 0.15) is 23.0 Å². The average Bonchev–Trinajstić information content (AvgIpc) is 2.81. The van der Waals surface area contributed by atoms with Crippen LogP contribution in [0.25, 0.3) is 0 Å². The number of benzene rings is 1. The Morgan fingerprint density at radius 2 is 2.12 bits per heavy atom. The summed E-state index contributed by atoms with van der Waals surface area (Å²) < 4.78 is 10.2. The summed E-state index contributed by atoms with van der Waals surface area (Å²) in [5.41, 5.74) is 5.81. The van der Waals surface area contributed by atoms with Crippen LogP contribution in [-0.2, 0) is 24.5 Å². The number of carbonyl (C=O) groups is 2. The number of nitrogens with one attached hydrogen (secondary N) is 1. The number of nitrogens with two attached hydrogens (primary N) is 1. The number of nitriles is 1. The van der Waals surface area contributed by atoms with Crippen LogP contribution in [0.2, 0.25) is 0 Å². The van der Waals surface area contributed by atoms with Crippen molar-refractivity contribution in [2.24, 2.45) is 5.73 Å². The lowest BCUT2D eigenvalue weighted by Crippen LogP contribution is -2.46. The molecule has 7 nitrogen and oxygen atoms in total. The van der Waals surface area contributed by atoms with Crippen molar-refractivity contribution < 1.29 is 19.1 Å². The molecule has 0 aliphatic carbocycles. The SMILES string of the molecule is COC(=O)C1=C(C)OC(N)=C(C#N)[C@@]12C(=O)Nc1cccc(C)c12. The van der Waals surface area contributed by atoms with Gasteiger partial charge in [-0.1, -0.05) is 12.1 Å². The standard InChI is InChI=1S/C17H15N3O4/c1-8-5-4-6-11-12(8)17(16(22)20-11)10(7-18)14(19)24-9(2)13(17)15(21)23-3/h4-6H,19H2,1-3H3,(H,20,22)/t17-/m0/s1. The molecule has 122 valence electrons. The number of aryl methyl sites for hydroxylation is 1. The molecule has 3 N–H and O–H groups in total. The smallest absolute Gasteiger partial charge is 0.339 e. The number of anilines is 1. The Hall–Kier alpha value is -3.27. The third-order valence-electron chi connectivity index (χ3n) is 4.35. The minimum absolute atomic E-state index is 0.0405. The number of nitrogens with zero attached hydrogens (tertiary/aromatic N) is 1. The molecule has 1 spiro atoms. The highest BCUT2D eigenvalue weighted by molar-refractivity contribution is 6.17. The van der Waals surface area contributed by atoms with Crippen LogP contribution in [0.15, 0.2) is 41.0 Å². The number of hydrogen-bond donors (Lipinski definition) is 2. The van der Waals surface area contributed by atoms with Gasteiger partial charge in [0, 0.05) is 11.3 Å². The second kappa shape index (κ2) is 5.13. The van der Waals surface area contributed by atoms with Crippen LogP contribution >= 0.6 is 0 Å². The van der Waals surface area contributed by atoms with E-state index in [2.05, 4.69) is 5.32 Å². The Morgan fingerprint density at radius 1 is 1.42 bits per heavy atom. The predicted octanol–water partition coefficient (Wildman–Crippen LogP) is 1.36. The quantitative estimate of drug-likeness (QED) is 0.753. The summed E-state index contributed by atoms with van der Waals surface area (Å²) in [4.78, 5) is 25.5. The van der Waals surface area contributed by atoms with Crippen molar-refractivity contribution in [1.29, 1.82) is 5.26 Å². The highest BCUT2D eigenvalue weighted by atomic mass is 16.5. The normalized spacial score (nSPS) is 22.0. The first-order chi connectivity index (χ1) is 11.4. The van der Waals surface area contributed by atoms with E-state index in [1.807, 2.05) is 6.07 Å². The molecule has 2 aliphatic rings. The van der Waals surface area contributed by atoms with E-state index in [9.17, 15) is 14.9 Å². The van der Waals surface area contributed by atoms with Crippen LogP contribution in [0.3, 0.4) is 0 Å². The van der Waals surface area contributed by atoms with Crippen molar-refractivity contribution in [3.63, 3.8) is 0 Å². The number of ether oxygens (including phenoxy) is 2. The molecule has 0 fully saturated rings. The first-order valence-corrected chi connectivity index (χ1v) is 7.19. The van der Waals surface area contributed by atoms with Crippen molar-refractivity contribution in [3.05, 3.63) is 52.1 Å². The van der Waals surface area contributed by atoms with E-state index in [0.717, 1.165) is 5.56 Å². The lowest BCUT2D eigenvalue weighted by Gasteiger charge is -2.34. The van der Waals surface area contributed by atoms with Crippen LogP contribution in [0.1, 0.15) is 18.1 Å². The second-order valence-electron chi connectivity index (χ2n) is 5.58. The Kier molecular flexibility index (Phi) is 3.34. The van der Waals surface area contributed by atoms with E-state index in [1.165, 1.54) is 14.0 Å². The fourth-order valence-corrected chi connectivity index (χ4v) is 3.46. The molecule has 1 atom stereocenters. The van der Waals surface area contributed by atoms with E-state index < -0.39 is 17.3 Å². The average molecular weight is 325 g/mol. The van der Waals surface area contributed by atoms with Crippen molar-refractivity contribution in [3.8, 4) is 6.07 Å². The molecule has 0 bridgehead atoms. The number of fused-ring (bicyclic) bond motifs is 2. The molecule has 2 heterocycles. The summed E-state index contributed by atoms with van der Waals surface area (Å²) in [6, 6.07) is 7.22. The fraction of sp³-hybridized carbons (Fsp3) is 0.235. The van der Waals surface area contributed by atoms with Gasteiger partial charge < -0.3 is 20.5 Å². The molecule has 3 rings (SSSR count). The molecule has 0 unspecified atom stereocenters. The summed E-state index contributed by atoms with van der Waals surface area (Å²) in [7, 11) is 1.20. The third-order valence-corrected chi connectivity index (χ3v) is 4.35. The Morgan fingerprint density at radius 3 is 2.75 bits per heavy atom. The molecular formula is C17H15N3O4. The van der Waals surface area contributed by atoms with E-state index >= 15 is 0 Å². The first kappa shape index (κ1) is 15.6. The monoisotopic (exact) mass is 325 g/mol. The maximum Gasteiger partial charge on any atom is 0.339 e. The fourth-order valence-electron chi connectivity index (χ4n) is 3.46. The lowest BCUT2D eigenvalue weighted by atomic mass is 9.67. The minimum Gasteiger partial charge on any atom is -0.466 e. The van der Waals surface area contributed by atoms with Crippen molar-refractivity contribution in [2.75, 3.05) is 12.4 Å². The first-order valence-electron chi connectivity index (χ1n) is 7.19. The third kappa shape index (κ3) is 1.71. The van der Waals surface area contributed by atoms with Crippen LogP contribution in [0.5, 0.6) is 0 Å². The number of amides is 1. The molecule has 2 aliphatic heterocycles. The summed E-state index contributed by atoms with van der Waals surface area (Å²) >= 11 is 0.